The van der Waals surface area contributed by atoms with E-state index in [9.17, 15) is 9.59 Å². The third-order valence-electron chi connectivity index (χ3n) is 4.44. The quantitative estimate of drug-likeness (QED) is 0.676. The van der Waals surface area contributed by atoms with Crippen molar-refractivity contribution in [1.82, 2.24) is 4.90 Å². The summed E-state index contributed by atoms with van der Waals surface area (Å²) in [5.74, 6) is 1.61. The van der Waals surface area contributed by atoms with Crippen LogP contribution in [0.1, 0.15) is 16.7 Å². The summed E-state index contributed by atoms with van der Waals surface area (Å²) < 4.78 is 10.6. The first-order valence-corrected chi connectivity index (χ1v) is 10.4. The molecule has 7 heteroatoms. The molecule has 0 aromatic heterocycles. The Balaban J connectivity index is 1.84. The minimum absolute atomic E-state index is 0.0347. The van der Waals surface area contributed by atoms with Crippen molar-refractivity contribution in [3.05, 3.63) is 53.1 Å². The van der Waals surface area contributed by atoms with Gasteiger partial charge < -0.3 is 19.7 Å². The van der Waals surface area contributed by atoms with Gasteiger partial charge in [-0.3, -0.25) is 9.59 Å². The molecule has 0 aliphatic heterocycles. The number of hydrogen-bond acceptors (Lipinski definition) is 5. The van der Waals surface area contributed by atoms with E-state index in [1.807, 2.05) is 50.2 Å². The van der Waals surface area contributed by atoms with Gasteiger partial charge in [-0.05, 0) is 54.8 Å². The van der Waals surface area contributed by atoms with Crippen molar-refractivity contribution in [3.8, 4) is 11.5 Å². The Bertz CT molecular complexity index is 870. The maximum atomic E-state index is 12.4. The normalized spacial score (nSPS) is 10.4. The third-order valence-corrected chi connectivity index (χ3v) is 5.35. The zero-order valence-corrected chi connectivity index (χ0v) is 18.4. The number of rotatable bonds is 9. The fourth-order valence-electron chi connectivity index (χ4n) is 2.80. The lowest BCUT2D eigenvalue weighted by atomic mass is 10.1. The van der Waals surface area contributed by atoms with E-state index in [1.165, 1.54) is 11.8 Å². The van der Waals surface area contributed by atoms with E-state index < -0.39 is 0 Å². The standard InChI is InChI=1S/C22H28N2O4S/c1-15-7-6-8-18(9-15)23-21(25)13-29-14-22(26)24(3)12-17-11-20(28-5)19(27-4)10-16(17)2/h6-11H,12-14H2,1-5H3,(H,23,25). The number of amides is 2. The smallest absolute Gasteiger partial charge is 0.234 e. The van der Waals surface area contributed by atoms with Crippen LogP contribution in [0.25, 0.3) is 0 Å². The van der Waals surface area contributed by atoms with Crippen LogP contribution in [0.2, 0.25) is 0 Å². The lowest BCUT2D eigenvalue weighted by Crippen LogP contribution is -2.28. The van der Waals surface area contributed by atoms with E-state index in [2.05, 4.69) is 5.32 Å². The molecule has 0 heterocycles. The minimum atomic E-state index is -0.119. The summed E-state index contributed by atoms with van der Waals surface area (Å²) in [6, 6.07) is 11.4. The lowest BCUT2D eigenvalue weighted by Gasteiger charge is -2.20. The van der Waals surface area contributed by atoms with Crippen molar-refractivity contribution in [1.29, 1.82) is 0 Å². The summed E-state index contributed by atoms with van der Waals surface area (Å²) in [7, 11) is 4.94. The molecule has 2 aromatic rings. The molecular weight excluding hydrogens is 388 g/mol. The van der Waals surface area contributed by atoms with Gasteiger partial charge in [0.05, 0.1) is 25.7 Å². The lowest BCUT2D eigenvalue weighted by molar-refractivity contribution is -0.127. The molecule has 156 valence electrons. The monoisotopic (exact) mass is 416 g/mol. The number of ether oxygens (including phenoxy) is 2. The Kier molecular flexibility index (Phi) is 8.39. The topological polar surface area (TPSA) is 67.9 Å². The Labute approximate surface area is 176 Å². The average molecular weight is 417 g/mol. The second-order valence-electron chi connectivity index (χ2n) is 6.79. The zero-order valence-electron chi connectivity index (χ0n) is 17.6. The molecule has 0 fully saturated rings. The molecule has 2 rings (SSSR count). The summed E-state index contributed by atoms with van der Waals surface area (Å²) in [6.07, 6.45) is 0. The van der Waals surface area contributed by atoms with E-state index in [0.29, 0.717) is 18.0 Å². The van der Waals surface area contributed by atoms with Crippen LogP contribution in [-0.4, -0.2) is 49.5 Å². The van der Waals surface area contributed by atoms with E-state index in [4.69, 9.17) is 9.47 Å². The molecule has 0 saturated carbocycles. The van der Waals surface area contributed by atoms with Gasteiger partial charge in [0.25, 0.3) is 0 Å². The second-order valence-corrected chi connectivity index (χ2v) is 7.78. The molecule has 29 heavy (non-hydrogen) atoms. The molecule has 2 aromatic carbocycles. The Morgan fingerprint density at radius 2 is 1.72 bits per heavy atom. The first-order valence-electron chi connectivity index (χ1n) is 9.23. The molecule has 0 aliphatic carbocycles. The number of carbonyl (C=O) groups excluding carboxylic acids is 2. The maximum absolute atomic E-state index is 12.4. The average Bonchev–Trinajstić information content (AvgIpc) is 2.68. The predicted molar refractivity (Wildman–Crippen MR) is 118 cm³/mol. The molecule has 2 amide bonds. The zero-order chi connectivity index (χ0) is 21.4. The van der Waals surface area contributed by atoms with Crippen molar-refractivity contribution in [2.24, 2.45) is 0 Å². The molecular formula is C22H28N2O4S. The van der Waals surface area contributed by atoms with Crippen molar-refractivity contribution in [2.45, 2.75) is 20.4 Å². The highest BCUT2D eigenvalue weighted by Gasteiger charge is 2.14. The SMILES string of the molecule is COc1cc(C)c(CN(C)C(=O)CSCC(=O)Nc2cccc(C)c2)cc1OC. The number of aryl methyl sites for hydroxylation is 2. The third kappa shape index (κ3) is 6.71. The Morgan fingerprint density at radius 1 is 1.03 bits per heavy atom. The highest BCUT2D eigenvalue weighted by Crippen LogP contribution is 2.30. The fourth-order valence-corrected chi connectivity index (χ4v) is 3.55. The molecule has 0 saturated heterocycles. The van der Waals surface area contributed by atoms with Gasteiger partial charge in [0.2, 0.25) is 11.8 Å². The number of benzene rings is 2. The Hall–Kier alpha value is -2.67. The first-order chi connectivity index (χ1) is 13.8. The van der Waals surface area contributed by atoms with Crippen molar-refractivity contribution in [3.63, 3.8) is 0 Å². The molecule has 0 atom stereocenters. The van der Waals surface area contributed by atoms with Crippen LogP contribution in [-0.2, 0) is 16.1 Å². The molecule has 0 radical (unpaired) electrons. The molecule has 0 aliphatic rings. The molecule has 6 nitrogen and oxygen atoms in total. The number of nitrogens with zero attached hydrogens (tertiary/aromatic N) is 1. The molecule has 0 unspecified atom stereocenters. The fraction of sp³-hybridized carbons (Fsp3) is 0.364. The van der Waals surface area contributed by atoms with Gasteiger partial charge in [0.1, 0.15) is 0 Å². The van der Waals surface area contributed by atoms with Gasteiger partial charge in [-0.15, -0.1) is 11.8 Å². The van der Waals surface area contributed by atoms with Crippen LogP contribution in [0, 0.1) is 13.8 Å². The summed E-state index contributed by atoms with van der Waals surface area (Å²) in [6.45, 7) is 4.40. The summed E-state index contributed by atoms with van der Waals surface area (Å²) in [4.78, 5) is 26.1. The van der Waals surface area contributed by atoms with E-state index in [0.717, 1.165) is 22.4 Å². The molecule has 0 spiro atoms. The van der Waals surface area contributed by atoms with Crippen LogP contribution in [0.4, 0.5) is 5.69 Å². The van der Waals surface area contributed by atoms with E-state index >= 15 is 0 Å². The van der Waals surface area contributed by atoms with Gasteiger partial charge in [-0.1, -0.05) is 12.1 Å². The van der Waals surface area contributed by atoms with Crippen LogP contribution in [0.5, 0.6) is 11.5 Å². The summed E-state index contributed by atoms with van der Waals surface area (Å²) in [5, 5.41) is 2.85. The number of nitrogens with one attached hydrogen (secondary N) is 1. The van der Waals surface area contributed by atoms with Crippen LogP contribution in [0.3, 0.4) is 0 Å². The maximum Gasteiger partial charge on any atom is 0.234 e. The Morgan fingerprint density at radius 3 is 2.38 bits per heavy atom. The number of thioether (sulfide) groups is 1. The summed E-state index contributed by atoms with van der Waals surface area (Å²) >= 11 is 1.30. The van der Waals surface area contributed by atoms with E-state index in [-0.39, 0.29) is 23.3 Å². The highest BCUT2D eigenvalue weighted by molar-refractivity contribution is 8.00. The number of hydrogen-bond donors (Lipinski definition) is 1. The van der Waals surface area contributed by atoms with Gasteiger partial charge in [0.15, 0.2) is 11.5 Å². The minimum Gasteiger partial charge on any atom is -0.493 e. The van der Waals surface area contributed by atoms with Crippen molar-refractivity contribution < 1.29 is 19.1 Å². The van der Waals surface area contributed by atoms with Crippen LogP contribution < -0.4 is 14.8 Å². The van der Waals surface area contributed by atoms with Crippen molar-refractivity contribution >= 4 is 29.3 Å². The van der Waals surface area contributed by atoms with Gasteiger partial charge in [-0.25, -0.2) is 0 Å². The molecule has 0 bridgehead atoms. The van der Waals surface area contributed by atoms with Crippen LogP contribution >= 0.6 is 11.8 Å². The second kappa shape index (κ2) is 10.8. The molecule has 1 N–H and O–H groups in total. The largest absolute Gasteiger partial charge is 0.493 e. The summed E-state index contributed by atoms with van der Waals surface area (Å²) in [5.41, 5.74) is 3.86. The van der Waals surface area contributed by atoms with E-state index in [1.54, 1.807) is 26.2 Å². The van der Waals surface area contributed by atoms with Gasteiger partial charge in [0, 0.05) is 19.3 Å². The van der Waals surface area contributed by atoms with Gasteiger partial charge >= 0.3 is 0 Å². The number of carbonyl (C=O) groups is 2. The highest BCUT2D eigenvalue weighted by atomic mass is 32.2. The number of methoxy groups -OCH3 is 2. The predicted octanol–water partition coefficient (Wildman–Crippen LogP) is 3.65. The van der Waals surface area contributed by atoms with Crippen LogP contribution in [0.15, 0.2) is 36.4 Å². The number of anilines is 1. The van der Waals surface area contributed by atoms with Gasteiger partial charge in [-0.2, -0.15) is 0 Å². The van der Waals surface area contributed by atoms with Crippen molar-refractivity contribution in [2.75, 3.05) is 38.1 Å². The first kappa shape index (κ1) is 22.6.